The zero-order chi connectivity index (χ0) is 17.2. The molecule has 1 aromatic carbocycles. The lowest BCUT2D eigenvalue weighted by Gasteiger charge is -2.15. The summed E-state index contributed by atoms with van der Waals surface area (Å²) in [5.74, 6) is 1.54. The summed E-state index contributed by atoms with van der Waals surface area (Å²) in [6.07, 6.45) is 0. The SMILES string of the molecule is COCC(C)NCc1cc2cc3c(cc2nc1-c1ccsc1)OCO3. The normalized spacial score (nSPS) is 14.2. The largest absolute Gasteiger partial charge is 0.454 e. The van der Waals surface area contributed by atoms with Gasteiger partial charge in [0.05, 0.1) is 17.8 Å². The van der Waals surface area contributed by atoms with Crippen LogP contribution < -0.4 is 14.8 Å². The van der Waals surface area contributed by atoms with Crippen molar-refractivity contribution in [3.05, 3.63) is 40.6 Å². The molecule has 1 aliphatic rings. The van der Waals surface area contributed by atoms with E-state index in [1.807, 2.05) is 12.1 Å². The number of thiophene rings is 1. The summed E-state index contributed by atoms with van der Waals surface area (Å²) in [5.41, 5.74) is 4.22. The number of ether oxygens (including phenoxy) is 3. The fraction of sp³-hybridized carbons (Fsp3) is 0.316. The van der Waals surface area contributed by atoms with E-state index in [1.54, 1.807) is 18.4 Å². The molecule has 1 atom stereocenters. The molecule has 130 valence electrons. The quantitative estimate of drug-likeness (QED) is 0.728. The van der Waals surface area contributed by atoms with Crippen molar-refractivity contribution in [2.45, 2.75) is 19.5 Å². The van der Waals surface area contributed by atoms with Crippen LogP contribution >= 0.6 is 11.3 Å². The Morgan fingerprint density at radius 3 is 2.88 bits per heavy atom. The Morgan fingerprint density at radius 1 is 1.28 bits per heavy atom. The standard InChI is InChI=1S/C19H20N2O3S/c1-12(9-22-2)20-8-15-5-14-6-17-18(24-11-23-17)7-16(14)21-19(15)13-3-4-25-10-13/h3-7,10,12,20H,8-9,11H2,1-2H3. The van der Waals surface area contributed by atoms with E-state index in [0.29, 0.717) is 6.61 Å². The lowest BCUT2D eigenvalue weighted by Crippen LogP contribution is -2.29. The molecule has 1 N–H and O–H groups in total. The first kappa shape index (κ1) is 16.3. The molecule has 0 bridgehead atoms. The molecular formula is C19H20N2O3S. The maximum absolute atomic E-state index is 5.50. The fourth-order valence-electron chi connectivity index (χ4n) is 2.98. The number of fused-ring (bicyclic) bond motifs is 2. The van der Waals surface area contributed by atoms with E-state index in [1.165, 1.54) is 0 Å². The highest BCUT2D eigenvalue weighted by Crippen LogP contribution is 2.37. The Bertz CT molecular complexity index is 880. The van der Waals surface area contributed by atoms with Crippen molar-refractivity contribution in [3.8, 4) is 22.8 Å². The maximum atomic E-state index is 5.50. The van der Waals surface area contributed by atoms with Crippen molar-refractivity contribution in [1.82, 2.24) is 10.3 Å². The zero-order valence-corrected chi connectivity index (χ0v) is 15.1. The van der Waals surface area contributed by atoms with Gasteiger partial charge in [-0.15, -0.1) is 0 Å². The van der Waals surface area contributed by atoms with Gasteiger partial charge in [0.2, 0.25) is 6.79 Å². The van der Waals surface area contributed by atoms with E-state index in [0.717, 1.165) is 45.8 Å². The molecule has 0 radical (unpaired) electrons. The Labute approximate surface area is 150 Å². The number of hydrogen-bond donors (Lipinski definition) is 1. The van der Waals surface area contributed by atoms with Gasteiger partial charge in [0.25, 0.3) is 0 Å². The Hall–Kier alpha value is -2.15. The third kappa shape index (κ3) is 3.33. The number of nitrogens with one attached hydrogen (secondary N) is 1. The molecule has 4 rings (SSSR count). The first-order chi connectivity index (χ1) is 12.2. The van der Waals surface area contributed by atoms with Crippen LogP contribution in [0, 0.1) is 0 Å². The summed E-state index contributed by atoms with van der Waals surface area (Å²) in [6.45, 7) is 3.78. The second kappa shape index (κ2) is 7.00. The highest BCUT2D eigenvalue weighted by Gasteiger charge is 2.17. The third-order valence-corrected chi connectivity index (χ3v) is 4.92. The average Bonchev–Trinajstić information content (AvgIpc) is 3.28. The van der Waals surface area contributed by atoms with E-state index in [9.17, 15) is 0 Å². The van der Waals surface area contributed by atoms with Crippen LogP contribution in [0.1, 0.15) is 12.5 Å². The number of nitrogens with zero attached hydrogens (tertiary/aromatic N) is 1. The Balaban J connectivity index is 1.75. The van der Waals surface area contributed by atoms with E-state index in [-0.39, 0.29) is 12.8 Å². The molecule has 0 aliphatic carbocycles. The summed E-state index contributed by atoms with van der Waals surface area (Å²) in [6, 6.07) is 8.52. The first-order valence-corrected chi connectivity index (χ1v) is 9.17. The molecule has 0 saturated carbocycles. The van der Waals surface area contributed by atoms with Crippen molar-refractivity contribution in [3.63, 3.8) is 0 Å². The monoisotopic (exact) mass is 356 g/mol. The van der Waals surface area contributed by atoms with Gasteiger partial charge in [0, 0.05) is 42.1 Å². The van der Waals surface area contributed by atoms with Gasteiger partial charge < -0.3 is 19.5 Å². The zero-order valence-electron chi connectivity index (χ0n) is 14.2. The number of hydrogen-bond acceptors (Lipinski definition) is 6. The molecule has 6 heteroatoms. The lowest BCUT2D eigenvalue weighted by atomic mass is 10.0. The van der Waals surface area contributed by atoms with Gasteiger partial charge in [-0.1, -0.05) is 0 Å². The van der Waals surface area contributed by atoms with E-state index in [4.69, 9.17) is 19.2 Å². The molecule has 0 amide bonds. The van der Waals surface area contributed by atoms with Crippen LogP contribution in [-0.4, -0.2) is 31.5 Å². The van der Waals surface area contributed by atoms with Crippen molar-refractivity contribution in [2.75, 3.05) is 20.5 Å². The number of benzene rings is 1. The Morgan fingerprint density at radius 2 is 2.12 bits per heavy atom. The maximum Gasteiger partial charge on any atom is 0.231 e. The van der Waals surface area contributed by atoms with Crippen molar-refractivity contribution >= 4 is 22.2 Å². The summed E-state index contributed by atoms with van der Waals surface area (Å²) >= 11 is 1.68. The number of pyridine rings is 1. The van der Waals surface area contributed by atoms with E-state index < -0.39 is 0 Å². The highest BCUT2D eigenvalue weighted by atomic mass is 32.1. The second-order valence-electron chi connectivity index (χ2n) is 6.14. The van der Waals surface area contributed by atoms with Crippen LogP contribution in [0.4, 0.5) is 0 Å². The summed E-state index contributed by atoms with van der Waals surface area (Å²) in [4.78, 5) is 4.92. The average molecular weight is 356 g/mol. The Kier molecular flexibility index (Phi) is 4.57. The second-order valence-corrected chi connectivity index (χ2v) is 6.92. The predicted molar refractivity (Wildman–Crippen MR) is 99.4 cm³/mol. The molecule has 3 aromatic rings. The minimum absolute atomic E-state index is 0.270. The summed E-state index contributed by atoms with van der Waals surface area (Å²) in [7, 11) is 1.72. The highest BCUT2D eigenvalue weighted by molar-refractivity contribution is 7.08. The molecule has 1 unspecified atom stereocenters. The van der Waals surface area contributed by atoms with Gasteiger partial charge in [-0.3, -0.25) is 0 Å². The van der Waals surface area contributed by atoms with Crippen molar-refractivity contribution in [2.24, 2.45) is 0 Å². The molecule has 0 spiro atoms. The summed E-state index contributed by atoms with van der Waals surface area (Å²) in [5, 5.41) is 8.76. The van der Waals surface area contributed by atoms with Gasteiger partial charge in [0.1, 0.15) is 0 Å². The minimum atomic E-state index is 0.270. The molecular weight excluding hydrogens is 336 g/mol. The molecule has 5 nitrogen and oxygen atoms in total. The first-order valence-electron chi connectivity index (χ1n) is 8.23. The minimum Gasteiger partial charge on any atom is -0.454 e. The smallest absolute Gasteiger partial charge is 0.231 e. The molecule has 25 heavy (non-hydrogen) atoms. The van der Waals surface area contributed by atoms with E-state index >= 15 is 0 Å². The molecule has 2 aromatic heterocycles. The van der Waals surface area contributed by atoms with Crippen molar-refractivity contribution < 1.29 is 14.2 Å². The van der Waals surface area contributed by atoms with E-state index in [2.05, 4.69) is 35.1 Å². The van der Waals surface area contributed by atoms with Gasteiger partial charge >= 0.3 is 0 Å². The topological polar surface area (TPSA) is 52.6 Å². The molecule has 0 saturated heterocycles. The summed E-state index contributed by atoms with van der Waals surface area (Å²) < 4.78 is 16.2. The molecule has 1 aliphatic heterocycles. The molecule has 0 fully saturated rings. The number of rotatable bonds is 6. The van der Waals surface area contributed by atoms with Gasteiger partial charge in [-0.05, 0) is 36.1 Å². The van der Waals surface area contributed by atoms with Crippen LogP contribution in [0.25, 0.3) is 22.2 Å². The number of aromatic nitrogens is 1. The van der Waals surface area contributed by atoms with Gasteiger partial charge in [0.15, 0.2) is 11.5 Å². The van der Waals surface area contributed by atoms with Crippen LogP contribution in [0.5, 0.6) is 11.5 Å². The lowest BCUT2D eigenvalue weighted by molar-refractivity contribution is 0.171. The van der Waals surface area contributed by atoms with Crippen molar-refractivity contribution in [1.29, 1.82) is 0 Å². The molecule has 3 heterocycles. The van der Waals surface area contributed by atoms with Gasteiger partial charge in [-0.25, -0.2) is 4.98 Å². The van der Waals surface area contributed by atoms with Crippen LogP contribution in [0.15, 0.2) is 35.0 Å². The van der Waals surface area contributed by atoms with Crippen LogP contribution in [0.2, 0.25) is 0 Å². The van der Waals surface area contributed by atoms with Crippen LogP contribution in [0.3, 0.4) is 0 Å². The van der Waals surface area contributed by atoms with Crippen LogP contribution in [-0.2, 0) is 11.3 Å². The third-order valence-electron chi connectivity index (χ3n) is 4.24. The number of methoxy groups -OCH3 is 1. The van der Waals surface area contributed by atoms with Gasteiger partial charge in [-0.2, -0.15) is 11.3 Å². The fourth-order valence-corrected chi connectivity index (χ4v) is 3.63. The predicted octanol–water partition coefficient (Wildman–Crippen LogP) is 3.82.